The van der Waals surface area contributed by atoms with Crippen LogP contribution in [0.3, 0.4) is 0 Å². The summed E-state index contributed by atoms with van der Waals surface area (Å²) >= 11 is 0. The molecular weight excluding hydrogens is 257 g/mol. The summed E-state index contributed by atoms with van der Waals surface area (Å²) < 4.78 is 19.5. The van der Waals surface area contributed by atoms with Crippen molar-refractivity contribution in [3.63, 3.8) is 0 Å². The quantitative estimate of drug-likeness (QED) is 0.505. The Hall–Kier alpha value is -1.58. The van der Waals surface area contributed by atoms with Crippen LogP contribution in [0.5, 0.6) is 5.75 Å². The highest BCUT2D eigenvalue weighted by atomic mass is 19.1. The standard InChI is InChI=1S/C16H22FNO2/c1-3-12-6-4-5-7-15(12)20-16-10-13(17)8-9-14(16)11(2)18-19/h8-10,12,15,19H,3-7H2,1-2H3. The highest BCUT2D eigenvalue weighted by Crippen LogP contribution is 2.32. The van der Waals surface area contributed by atoms with Gasteiger partial charge in [0, 0.05) is 11.6 Å². The van der Waals surface area contributed by atoms with Crippen molar-refractivity contribution in [2.75, 3.05) is 0 Å². The smallest absolute Gasteiger partial charge is 0.131 e. The number of halogens is 1. The summed E-state index contributed by atoms with van der Waals surface area (Å²) in [6.07, 6.45) is 5.76. The predicted molar refractivity (Wildman–Crippen MR) is 77.1 cm³/mol. The van der Waals surface area contributed by atoms with Crippen LogP contribution in [0.15, 0.2) is 23.4 Å². The molecule has 1 fully saturated rings. The van der Waals surface area contributed by atoms with E-state index in [2.05, 4.69) is 12.1 Å². The maximum Gasteiger partial charge on any atom is 0.131 e. The third-order valence-electron chi connectivity index (χ3n) is 4.13. The van der Waals surface area contributed by atoms with Crippen LogP contribution in [0.2, 0.25) is 0 Å². The molecule has 0 amide bonds. The van der Waals surface area contributed by atoms with Crippen molar-refractivity contribution in [3.05, 3.63) is 29.6 Å². The summed E-state index contributed by atoms with van der Waals surface area (Å²) in [7, 11) is 0. The lowest BCUT2D eigenvalue weighted by molar-refractivity contribution is 0.0898. The normalized spacial score (nSPS) is 23.6. The molecule has 1 aliphatic carbocycles. The molecule has 1 aromatic rings. The summed E-state index contributed by atoms with van der Waals surface area (Å²) in [5, 5.41) is 12.1. The Morgan fingerprint density at radius 2 is 2.15 bits per heavy atom. The van der Waals surface area contributed by atoms with E-state index in [0.717, 1.165) is 19.3 Å². The molecule has 4 heteroatoms. The predicted octanol–water partition coefficient (Wildman–Crippen LogP) is 4.37. The molecule has 1 N–H and O–H groups in total. The van der Waals surface area contributed by atoms with Gasteiger partial charge in [-0.15, -0.1) is 0 Å². The van der Waals surface area contributed by atoms with Crippen LogP contribution in [0.4, 0.5) is 4.39 Å². The second-order valence-electron chi connectivity index (χ2n) is 5.43. The number of hydrogen-bond donors (Lipinski definition) is 1. The monoisotopic (exact) mass is 279 g/mol. The van der Waals surface area contributed by atoms with Gasteiger partial charge >= 0.3 is 0 Å². The maximum absolute atomic E-state index is 13.5. The molecule has 0 aromatic heterocycles. The largest absolute Gasteiger partial charge is 0.489 e. The molecule has 0 heterocycles. The number of nitrogens with zero attached hydrogens (tertiary/aromatic N) is 1. The summed E-state index contributed by atoms with van der Waals surface area (Å²) in [6, 6.07) is 4.34. The summed E-state index contributed by atoms with van der Waals surface area (Å²) in [5.41, 5.74) is 1.08. The van der Waals surface area contributed by atoms with Gasteiger partial charge in [-0.05, 0) is 50.7 Å². The Labute approximate surface area is 119 Å². The first kappa shape index (κ1) is 14.8. The molecule has 0 radical (unpaired) electrons. The van der Waals surface area contributed by atoms with E-state index in [-0.39, 0.29) is 11.9 Å². The van der Waals surface area contributed by atoms with Crippen LogP contribution in [-0.4, -0.2) is 17.0 Å². The van der Waals surface area contributed by atoms with Crippen LogP contribution >= 0.6 is 0 Å². The van der Waals surface area contributed by atoms with E-state index in [1.807, 2.05) is 0 Å². The molecule has 1 aromatic carbocycles. The Bertz CT molecular complexity index is 487. The van der Waals surface area contributed by atoms with Gasteiger partial charge in [-0.1, -0.05) is 18.5 Å². The second kappa shape index (κ2) is 6.73. The summed E-state index contributed by atoms with van der Waals surface area (Å²) in [5.74, 6) is 0.662. The molecule has 0 bridgehead atoms. The lowest BCUT2D eigenvalue weighted by atomic mass is 9.84. The van der Waals surface area contributed by atoms with E-state index >= 15 is 0 Å². The van der Waals surface area contributed by atoms with Crippen molar-refractivity contribution in [1.29, 1.82) is 0 Å². The Morgan fingerprint density at radius 1 is 1.40 bits per heavy atom. The van der Waals surface area contributed by atoms with Gasteiger partial charge in [0.05, 0.1) is 5.71 Å². The van der Waals surface area contributed by atoms with Crippen LogP contribution in [0, 0.1) is 11.7 Å². The van der Waals surface area contributed by atoms with Gasteiger partial charge in [0.2, 0.25) is 0 Å². The molecule has 0 aliphatic heterocycles. The van der Waals surface area contributed by atoms with Crippen LogP contribution in [0.1, 0.15) is 51.5 Å². The van der Waals surface area contributed by atoms with E-state index in [4.69, 9.17) is 9.94 Å². The van der Waals surface area contributed by atoms with Gasteiger partial charge in [0.1, 0.15) is 17.7 Å². The molecule has 2 unspecified atom stereocenters. The third-order valence-corrected chi connectivity index (χ3v) is 4.13. The second-order valence-corrected chi connectivity index (χ2v) is 5.43. The van der Waals surface area contributed by atoms with E-state index in [9.17, 15) is 4.39 Å². The molecule has 2 atom stereocenters. The molecule has 110 valence electrons. The average Bonchev–Trinajstić information content (AvgIpc) is 2.47. The van der Waals surface area contributed by atoms with Gasteiger partial charge in [-0.3, -0.25) is 0 Å². The Kier molecular flexibility index (Phi) is 4.99. The van der Waals surface area contributed by atoms with Gasteiger partial charge in [0.15, 0.2) is 0 Å². The lowest BCUT2D eigenvalue weighted by Crippen LogP contribution is -2.30. The fourth-order valence-electron chi connectivity index (χ4n) is 2.91. The zero-order valence-electron chi connectivity index (χ0n) is 12.1. The average molecular weight is 279 g/mol. The molecule has 3 nitrogen and oxygen atoms in total. The van der Waals surface area contributed by atoms with Crippen molar-refractivity contribution < 1.29 is 14.3 Å². The third kappa shape index (κ3) is 3.30. The zero-order chi connectivity index (χ0) is 14.5. The molecule has 0 spiro atoms. The topological polar surface area (TPSA) is 41.8 Å². The Balaban J connectivity index is 2.25. The molecule has 20 heavy (non-hydrogen) atoms. The highest BCUT2D eigenvalue weighted by Gasteiger charge is 2.26. The van der Waals surface area contributed by atoms with Crippen molar-refractivity contribution in [3.8, 4) is 5.75 Å². The number of oxime groups is 1. The number of hydrogen-bond acceptors (Lipinski definition) is 3. The summed E-state index contributed by atoms with van der Waals surface area (Å²) in [6.45, 7) is 3.84. The minimum Gasteiger partial charge on any atom is -0.489 e. The van der Waals surface area contributed by atoms with Crippen LogP contribution in [0.25, 0.3) is 0 Å². The molecule has 1 aliphatic rings. The molecular formula is C16H22FNO2. The van der Waals surface area contributed by atoms with E-state index < -0.39 is 0 Å². The Morgan fingerprint density at radius 3 is 2.85 bits per heavy atom. The SMILES string of the molecule is CCC1CCCCC1Oc1cc(F)ccc1C(C)=NO. The van der Waals surface area contributed by atoms with Crippen molar-refractivity contribution in [2.24, 2.45) is 11.1 Å². The maximum atomic E-state index is 13.5. The van der Waals surface area contributed by atoms with Gasteiger partial charge in [0.25, 0.3) is 0 Å². The lowest BCUT2D eigenvalue weighted by Gasteiger charge is -2.31. The molecule has 2 rings (SSSR count). The van der Waals surface area contributed by atoms with Gasteiger partial charge in [-0.2, -0.15) is 0 Å². The van der Waals surface area contributed by atoms with E-state index in [1.165, 1.54) is 25.0 Å². The zero-order valence-corrected chi connectivity index (χ0v) is 12.1. The fourth-order valence-corrected chi connectivity index (χ4v) is 2.91. The first-order chi connectivity index (χ1) is 9.65. The number of ether oxygens (including phenoxy) is 1. The van der Waals surface area contributed by atoms with Crippen molar-refractivity contribution >= 4 is 5.71 Å². The number of rotatable bonds is 4. The van der Waals surface area contributed by atoms with E-state index in [0.29, 0.717) is 22.9 Å². The highest BCUT2D eigenvalue weighted by molar-refractivity contribution is 6.00. The van der Waals surface area contributed by atoms with E-state index in [1.54, 1.807) is 13.0 Å². The minimum absolute atomic E-state index is 0.126. The van der Waals surface area contributed by atoms with Crippen molar-refractivity contribution in [2.45, 2.75) is 52.1 Å². The summed E-state index contributed by atoms with van der Waals surface area (Å²) in [4.78, 5) is 0. The van der Waals surface area contributed by atoms with Crippen LogP contribution < -0.4 is 4.74 Å². The number of benzene rings is 1. The fraction of sp³-hybridized carbons (Fsp3) is 0.562. The minimum atomic E-state index is -0.335. The van der Waals surface area contributed by atoms with Gasteiger partial charge in [-0.25, -0.2) is 4.39 Å². The van der Waals surface area contributed by atoms with Gasteiger partial charge < -0.3 is 9.94 Å². The van der Waals surface area contributed by atoms with Crippen molar-refractivity contribution in [1.82, 2.24) is 0 Å². The van der Waals surface area contributed by atoms with Crippen LogP contribution in [-0.2, 0) is 0 Å². The molecule has 0 saturated heterocycles. The molecule has 1 saturated carbocycles. The first-order valence-corrected chi connectivity index (χ1v) is 7.31. The first-order valence-electron chi connectivity index (χ1n) is 7.31.